The molecule has 0 N–H and O–H groups in total. The molecule has 0 aliphatic heterocycles. The summed E-state index contributed by atoms with van der Waals surface area (Å²) in [6, 6.07) is 1.57. The summed E-state index contributed by atoms with van der Waals surface area (Å²) >= 11 is 0. The lowest BCUT2D eigenvalue weighted by atomic mass is 9.85. The SMILES string of the molecule is [N-]=[N+]=NC(CC1CCCCC1)c1ncccn1. The first-order chi connectivity index (χ1) is 8.40. The molecule has 1 aromatic rings. The fourth-order valence-corrected chi connectivity index (χ4v) is 2.49. The monoisotopic (exact) mass is 231 g/mol. The van der Waals surface area contributed by atoms with E-state index in [4.69, 9.17) is 5.53 Å². The zero-order chi connectivity index (χ0) is 11.9. The van der Waals surface area contributed by atoms with Gasteiger partial charge in [-0.2, -0.15) is 0 Å². The summed E-state index contributed by atoms with van der Waals surface area (Å²) in [5.74, 6) is 1.30. The van der Waals surface area contributed by atoms with E-state index >= 15 is 0 Å². The number of nitrogens with zero attached hydrogens (tertiary/aromatic N) is 5. The van der Waals surface area contributed by atoms with Crippen LogP contribution in [0.1, 0.15) is 50.4 Å². The van der Waals surface area contributed by atoms with Crippen molar-refractivity contribution in [1.29, 1.82) is 0 Å². The average Bonchev–Trinajstić information content (AvgIpc) is 2.40. The Morgan fingerprint density at radius 3 is 2.65 bits per heavy atom. The highest BCUT2D eigenvalue weighted by Gasteiger charge is 2.20. The van der Waals surface area contributed by atoms with Crippen molar-refractivity contribution >= 4 is 0 Å². The van der Waals surface area contributed by atoms with Crippen LogP contribution in [-0.4, -0.2) is 9.97 Å². The molecular formula is C12H17N5. The minimum absolute atomic E-state index is 0.204. The third-order valence-electron chi connectivity index (χ3n) is 3.36. The molecule has 1 aliphatic carbocycles. The molecule has 1 aliphatic rings. The van der Waals surface area contributed by atoms with E-state index in [1.54, 1.807) is 18.5 Å². The molecule has 17 heavy (non-hydrogen) atoms. The molecule has 1 saturated carbocycles. The molecular weight excluding hydrogens is 214 g/mol. The quantitative estimate of drug-likeness (QED) is 0.449. The van der Waals surface area contributed by atoms with E-state index in [0.29, 0.717) is 11.7 Å². The Morgan fingerprint density at radius 1 is 1.29 bits per heavy atom. The van der Waals surface area contributed by atoms with Crippen LogP contribution in [0.5, 0.6) is 0 Å². The normalized spacial score (nSPS) is 18.4. The van der Waals surface area contributed by atoms with Crippen molar-refractivity contribution in [3.8, 4) is 0 Å². The molecule has 1 fully saturated rings. The lowest BCUT2D eigenvalue weighted by Crippen LogP contribution is -2.11. The first kappa shape index (κ1) is 11.9. The highest BCUT2D eigenvalue weighted by atomic mass is 15.2. The molecule has 90 valence electrons. The maximum Gasteiger partial charge on any atom is 0.137 e. The third kappa shape index (κ3) is 3.43. The average molecular weight is 231 g/mol. The van der Waals surface area contributed by atoms with Crippen molar-refractivity contribution < 1.29 is 0 Å². The van der Waals surface area contributed by atoms with E-state index < -0.39 is 0 Å². The van der Waals surface area contributed by atoms with Crippen molar-refractivity contribution in [2.75, 3.05) is 0 Å². The van der Waals surface area contributed by atoms with Gasteiger partial charge in [0.2, 0.25) is 0 Å². The van der Waals surface area contributed by atoms with Gasteiger partial charge in [-0.1, -0.05) is 37.2 Å². The first-order valence-electron chi connectivity index (χ1n) is 6.21. The minimum atomic E-state index is -0.204. The maximum absolute atomic E-state index is 8.63. The Kier molecular flexibility index (Phi) is 4.33. The summed E-state index contributed by atoms with van der Waals surface area (Å²) in [4.78, 5) is 11.3. The predicted octanol–water partition coefficient (Wildman–Crippen LogP) is 3.80. The van der Waals surface area contributed by atoms with Crippen LogP contribution in [0.4, 0.5) is 0 Å². The molecule has 0 amide bonds. The highest BCUT2D eigenvalue weighted by Crippen LogP contribution is 2.32. The van der Waals surface area contributed by atoms with E-state index in [1.807, 2.05) is 0 Å². The molecule has 1 heterocycles. The second kappa shape index (κ2) is 6.21. The second-order valence-electron chi connectivity index (χ2n) is 4.57. The summed E-state index contributed by atoms with van der Waals surface area (Å²) in [6.07, 6.45) is 10.7. The Hall–Kier alpha value is -1.61. The molecule has 1 atom stereocenters. The topological polar surface area (TPSA) is 74.5 Å². The molecule has 0 spiro atoms. The summed E-state index contributed by atoms with van der Waals surface area (Å²) in [5, 5.41) is 3.84. The van der Waals surface area contributed by atoms with E-state index in [1.165, 1.54) is 32.1 Å². The number of rotatable bonds is 4. The maximum atomic E-state index is 8.63. The summed E-state index contributed by atoms with van der Waals surface area (Å²) in [6.45, 7) is 0. The lowest BCUT2D eigenvalue weighted by Gasteiger charge is -2.23. The van der Waals surface area contributed by atoms with E-state index in [2.05, 4.69) is 20.0 Å². The Balaban J connectivity index is 2.04. The van der Waals surface area contributed by atoms with E-state index in [-0.39, 0.29) is 6.04 Å². The van der Waals surface area contributed by atoms with Gasteiger partial charge in [0.15, 0.2) is 0 Å². The van der Waals surface area contributed by atoms with Crippen LogP contribution in [0, 0.1) is 5.92 Å². The van der Waals surface area contributed by atoms with Crippen LogP contribution >= 0.6 is 0 Å². The van der Waals surface area contributed by atoms with Crippen LogP contribution in [0.15, 0.2) is 23.6 Å². The zero-order valence-corrected chi connectivity index (χ0v) is 9.87. The van der Waals surface area contributed by atoms with Crippen LogP contribution in [0.2, 0.25) is 0 Å². The van der Waals surface area contributed by atoms with Gasteiger partial charge in [0.25, 0.3) is 0 Å². The Labute approximate surface area is 101 Å². The summed E-state index contributed by atoms with van der Waals surface area (Å²) < 4.78 is 0. The van der Waals surface area contributed by atoms with Gasteiger partial charge in [-0.25, -0.2) is 9.97 Å². The van der Waals surface area contributed by atoms with Gasteiger partial charge < -0.3 is 0 Å². The summed E-state index contributed by atoms with van der Waals surface area (Å²) in [7, 11) is 0. The van der Waals surface area contributed by atoms with Crippen molar-refractivity contribution in [3.05, 3.63) is 34.7 Å². The van der Waals surface area contributed by atoms with Crippen LogP contribution < -0.4 is 0 Å². The van der Waals surface area contributed by atoms with Gasteiger partial charge in [0, 0.05) is 17.3 Å². The van der Waals surface area contributed by atoms with Gasteiger partial charge in [-0.05, 0) is 23.9 Å². The highest BCUT2D eigenvalue weighted by molar-refractivity contribution is 4.97. The number of aromatic nitrogens is 2. The van der Waals surface area contributed by atoms with Gasteiger partial charge >= 0.3 is 0 Å². The molecule has 1 unspecified atom stereocenters. The molecule has 2 rings (SSSR count). The molecule has 5 heteroatoms. The molecule has 0 radical (unpaired) electrons. The smallest absolute Gasteiger partial charge is 0.137 e. The van der Waals surface area contributed by atoms with E-state index in [0.717, 1.165) is 6.42 Å². The van der Waals surface area contributed by atoms with Crippen LogP contribution in [-0.2, 0) is 0 Å². The van der Waals surface area contributed by atoms with Gasteiger partial charge in [0.1, 0.15) is 5.82 Å². The van der Waals surface area contributed by atoms with Crippen molar-refractivity contribution in [3.63, 3.8) is 0 Å². The molecule has 0 aromatic carbocycles. The van der Waals surface area contributed by atoms with Gasteiger partial charge in [0.05, 0.1) is 6.04 Å². The van der Waals surface area contributed by atoms with Gasteiger partial charge in [-0.15, -0.1) is 0 Å². The van der Waals surface area contributed by atoms with Crippen molar-refractivity contribution in [2.45, 2.75) is 44.6 Å². The first-order valence-corrected chi connectivity index (χ1v) is 6.21. The number of azide groups is 1. The molecule has 5 nitrogen and oxygen atoms in total. The van der Waals surface area contributed by atoms with Crippen molar-refractivity contribution in [1.82, 2.24) is 9.97 Å². The number of hydrogen-bond donors (Lipinski definition) is 0. The standard InChI is InChI=1S/C12H17N5/c13-17-16-11(12-14-7-4-8-15-12)9-10-5-2-1-3-6-10/h4,7-8,10-11H,1-3,5-6,9H2. The fourth-order valence-electron chi connectivity index (χ4n) is 2.49. The largest absolute Gasteiger partial charge is 0.241 e. The summed E-state index contributed by atoms with van der Waals surface area (Å²) in [5.41, 5.74) is 8.63. The lowest BCUT2D eigenvalue weighted by molar-refractivity contribution is 0.315. The predicted molar refractivity (Wildman–Crippen MR) is 65.1 cm³/mol. The van der Waals surface area contributed by atoms with E-state index in [9.17, 15) is 0 Å². The Bertz CT molecular complexity index is 379. The van der Waals surface area contributed by atoms with Gasteiger partial charge in [-0.3, -0.25) is 0 Å². The zero-order valence-electron chi connectivity index (χ0n) is 9.87. The van der Waals surface area contributed by atoms with Crippen LogP contribution in [0.25, 0.3) is 10.4 Å². The molecule has 0 saturated heterocycles. The van der Waals surface area contributed by atoms with Crippen LogP contribution in [0.3, 0.4) is 0 Å². The second-order valence-corrected chi connectivity index (χ2v) is 4.57. The molecule has 0 bridgehead atoms. The minimum Gasteiger partial charge on any atom is -0.241 e. The van der Waals surface area contributed by atoms with Crippen molar-refractivity contribution in [2.24, 2.45) is 11.0 Å². The third-order valence-corrected chi connectivity index (χ3v) is 3.36. The molecule has 1 aromatic heterocycles. The number of hydrogen-bond acceptors (Lipinski definition) is 3. The Morgan fingerprint density at radius 2 is 2.00 bits per heavy atom. The fraction of sp³-hybridized carbons (Fsp3) is 0.667.